The Bertz CT molecular complexity index is 1250. The molecular weight excluding hydrogens is 891 g/mol. The van der Waals surface area contributed by atoms with Gasteiger partial charge in [0, 0.05) is 3.57 Å². The Morgan fingerprint density at radius 3 is 1.68 bits per heavy atom. The molecule has 4 saturated carbocycles. The van der Waals surface area contributed by atoms with Crippen LogP contribution in [0.15, 0.2) is 12.1 Å². The topological polar surface area (TPSA) is 110 Å². The van der Waals surface area contributed by atoms with Crippen LogP contribution >= 0.6 is 67.8 Å². The summed E-state index contributed by atoms with van der Waals surface area (Å²) in [7, 11) is -7.33. The molecule has 0 saturated heterocycles. The van der Waals surface area contributed by atoms with E-state index in [-0.39, 0.29) is 31.4 Å². The van der Waals surface area contributed by atoms with E-state index in [1.54, 1.807) is 12.1 Å². The smallest absolute Gasteiger partial charge is 0.452 e. The molecule has 4 fully saturated rings. The maximum absolute atomic E-state index is 13.6. The van der Waals surface area contributed by atoms with Crippen molar-refractivity contribution < 1.29 is 58.4 Å². The van der Waals surface area contributed by atoms with E-state index in [4.69, 9.17) is 4.74 Å². The van der Waals surface area contributed by atoms with Crippen molar-refractivity contribution in [2.24, 2.45) is 22.7 Å². The number of carbonyl (C=O) groups excluding carboxylic acids is 2. The summed E-state index contributed by atoms with van der Waals surface area (Å²) >= 11 is 5.97. The van der Waals surface area contributed by atoms with Crippen LogP contribution in [-0.4, -0.2) is 42.2 Å². The van der Waals surface area contributed by atoms with E-state index in [2.05, 4.69) is 27.3 Å². The molecule has 0 radical (unpaired) electrons. The Balaban J connectivity index is 1.71. The number of ether oxygens (including phenoxy) is 2. The number of esters is 2. The highest BCUT2D eigenvalue weighted by molar-refractivity contribution is 14.1. The number of alkyl halides is 6. The molecule has 0 spiro atoms. The molecule has 7 nitrogen and oxygen atoms in total. The largest absolute Gasteiger partial charge is 0.744 e. The average Bonchev–Trinajstić information content (AvgIpc) is 2.70. The molecule has 0 heterocycles. The molecule has 4 bridgehead atoms. The van der Waals surface area contributed by atoms with Gasteiger partial charge in [0.15, 0.2) is 15.9 Å². The van der Waals surface area contributed by atoms with Crippen LogP contribution in [0.4, 0.5) is 26.3 Å². The fourth-order valence-corrected chi connectivity index (χ4v) is 11.0. The Morgan fingerprint density at radius 1 is 0.868 bits per heavy atom. The van der Waals surface area contributed by atoms with Crippen molar-refractivity contribution in [2.75, 3.05) is 0 Å². The summed E-state index contributed by atoms with van der Waals surface area (Å²) in [6.07, 6.45) is -13.7. The fourth-order valence-electron chi connectivity index (χ4n) is 6.42. The summed E-state index contributed by atoms with van der Waals surface area (Å²) < 4.78 is 127. The van der Waals surface area contributed by atoms with Gasteiger partial charge < -0.3 is 14.0 Å². The van der Waals surface area contributed by atoms with Crippen molar-refractivity contribution in [3.63, 3.8) is 0 Å². The van der Waals surface area contributed by atoms with Gasteiger partial charge in [-0.3, -0.25) is 9.59 Å². The van der Waals surface area contributed by atoms with Gasteiger partial charge in [0.1, 0.15) is 0 Å². The Labute approximate surface area is 253 Å². The molecule has 0 amide bonds. The van der Waals surface area contributed by atoms with E-state index in [1.807, 2.05) is 45.2 Å². The zero-order chi connectivity index (χ0) is 28.7. The first-order chi connectivity index (χ1) is 17.2. The van der Waals surface area contributed by atoms with E-state index in [9.17, 15) is 48.9 Å². The van der Waals surface area contributed by atoms with Gasteiger partial charge in [-0.15, -0.1) is 0 Å². The first-order valence-corrected chi connectivity index (χ1v) is 15.5. The van der Waals surface area contributed by atoms with Crippen LogP contribution in [0, 0.1) is 33.4 Å². The number of halogens is 9. The van der Waals surface area contributed by atoms with Crippen molar-refractivity contribution >= 4 is 89.8 Å². The minimum Gasteiger partial charge on any atom is -0.744 e. The van der Waals surface area contributed by atoms with Crippen molar-refractivity contribution in [2.45, 2.75) is 55.8 Å². The van der Waals surface area contributed by atoms with Crippen LogP contribution in [0.25, 0.3) is 0 Å². The third kappa shape index (κ3) is 4.94. The number of benzene rings is 1. The fraction of sp³-hybridized carbons (Fsp3) is 0.619. The summed E-state index contributed by atoms with van der Waals surface area (Å²) in [4.78, 5) is 20.4. The van der Waals surface area contributed by atoms with Gasteiger partial charge in [-0.25, -0.2) is 8.42 Å². The molecule has 2 atom stereocenters. The second kappa shape index (κ2) is 9.70. The lowest BCUT2D eigenvalue weighted by molar-refractivity contribution is -0.339. The quantitative estimate of drug-likeness (QED) is 0.119. The monoisotopic (exact) mass is 907 g/mol. The summed E-state index contributed by atoms with van der Waals surface area (Å²) in [6.45, 7) is 0. The van der Waals surface area contributed by atoms with Crippen LogP contribution in [0.3, 0.4) is 0 Å². The normalized spacial score (nSPS) is 29.3. The van der Waals surface area contributed by atoms with Crippen LogP contribution in [0.2, 0.25) is 0 Å². The lowest BCUT2D eigenvalue weighted by Crippen LogP contribution is -2.67. The second-order valence-corrected chi connectivity index (χ2v) is 15.1. The lowest BCUT2D eigenvalue weighted by atomic mass is 9.44. The summed E-state index contributed by atoms with van der Waals surface area (Å²) in [5, 5.41) is 0. The molecule has 0 aliphatic heterocycles. The molecule has 5 rings (SSSR count). The standard InChI is InChI=1S/C21H17F6I3O7S/c22-20(23,24)19(21(25,26)27,38(33,34)35)37-16(32)18-6-9-1-10(7-18)5-17(4-9,8-18)15(31)36-14-12(29)2-11(28)3-13(14)30/h2-3,9-10H,1,4-8H2,(H,33,34,35)/p-1. The van der Waals surface area contributed by atoms with Gasteiger partial charge in [0.05, 0.1) is 18.0 Å². The highest BCUT2D eigenvalue weighted by atomic mass is 127. The van der Waals surface area contributed by atoms with Gasteiger partial charge in [0.25, 0.3) is 0 Å². The Morgan fingerprint density at radius 2 is 1.29 bits per heavy atom. The first kappa shape index (κ1) is 30.8. The Hall–Kier alpha value is -0.160. The maximum Gasteiger partial charge on any atom is 0.452 e. The zero-order valence-electron chi connectivity index (χ0n) is 18.7. The van der Waals surface area contributed by atoms with Crippen molar-refractivity contribution in [3.8, 4) is 5.75 Å². The average molecular weight is 907 g/mol. The van der Waals surface area contributed by atoms with Crippen LogP contribution in [0.1, 0.15) is 38.5 Å². The molecule has 1 aromatic rings. The molecule has 212 valence electrons. The number of rotatable bonds is 5. The molecule has 4 aliphatic rings. The number of carbonyl (C=O) groups is 2. The maximum atomic E-state index is 13.6. The minimum atomic E-state index is -7.33. The predicted octanol–water partition coefficient (Wildman–Crippen LogP) is 5.90. The lowest BCUT2D eigenvalue weighted by Gasteiger charge is -2.59. The molecule has 38 heavy (non-hydrogen) atoms. The van der Waals surface area contributed by atoms with Gasteiger partial charge >= 0.3 is 29.2 Å². The van der Waals surface area contributed by atoms with Gasteiger partial charge in [0.2, 0.25) is 0 Å². The summed E-state index contributed by atoms with van der Waals surface area (Å²) in [6, 6.07) is 3.48. The highest BCUT2D eigenvalue weighted by Gasteiger charge is 2.80. The summed E-state index contributed by atoms with van der Waals surface area (Å²) in [5.74, 6) is -3.52. The van der Waals surface area contributed by atoms with Crippen molar-refractivity contribution in [1.82, 2.24) is 0 Å². The van der Waals surface area contributed by atoms with Crippen LogP contribution < -0.4 is 4.74 Å². The van der Waals surface area contributed by atoms with Gasteiger partial charge in [-0.1, -0.05) is 0 Å². The molecule has 4 aliphatic carbocycles. The molecule has 0 aromatic heterocycles. The van der Waals surface area contributed by atoms with Gasteiger partial charge in [-0.05, 0) is 130 Å². The molecule has 2 unspecified atom stereocenters. The molecule has 17 heteroatoms. The van der Waals surface area contributed by atoms with Gasteiger partial charge in [-0.2, -0.15) is 26.3 Å². The van der Waals surface area contributed by atoms with E-state index < -0.39 is 68.4 Å². The van der Waals surface area contributed by atoms with E-state index in [1.165, 1.54) is 0 Å². The number of hydrogen-bond acceptors (Lipinski definition) is 7. The first-order valence-electron chi connectivity index (χ1n) is 10.9. The Kier molecular flexibility index (Phi) is 7.86. The minimum absolute atomic E-state index is 0.193. The second-order valence-electron chi connectivity index (χ2n) is 10.1. The SMILES string of the molecule is O=C(Oc1c(I)cc(I)cc1I)C12CC3CC(C1)CC(C(=O)OC(C(F)(F)F)(C(F)(F)F)S(=O)(=O)[O-])(C3)C2. The summed E-state index contributed by atoms with van der Waals surface area (Å²) in [5.41, 5.74) is -3.43. The highest BCUT2D eigenvalue weighted by Crippen LogP contribution is 2.66. The van der Waals surface area contributed by atoms with E-state index in [0.29, 0.717) is 13.6 Å². The van der Waals surface area contributed by atoms with Crippen LogP contribution in [-0.2, 0) is 24.4 Å². The van der Waals surface area contributed by atoms with Crippen LogP contribution in [0.5, 0.6) is 5.75 Å². The third-order valence-electron chi connectivity index (χ3n) is 7.42. The van der Waals surface area contributed by atoms with Crippen molar-refractivity contribution in [3.05, 3.63) is 22.8 Å². The molecular formula is C21H16F6I3O7S-. The predicted molar refractivity (Wildman–Crippen MR) is 140 cm³/mol. The molecule has 0 N–H and O–H groups in total. The van der Waals surface area contributed by atoms with Crippen molar-refractivity contribution in [1.29, 1.82) is 0 Å². The van der Waals surface area contributed by atoms with E-state index >= 15 is 0 Å². The zero-order valence-corrected chi connectivity index (χ0v) is 26.0. The third-order valence-corrected chi connectivity index (χ3v) is 10.9. The number of hydrogen-bond donors (Lipinski definition) is 0. The van der Waals surface area contributed by atoms with E-state index in [0.717, 1.165) is 3.57 Å². The molecule has 1 aromatic carbocycles.